The van der Waals surface area contributed by atoms with Crippen LogP contribution in [0.5, 0.6) is 5.75 Å². The second kappa shape index (κ2) is 9.87. The highest BCUT2D eigenvalue weighted by molar-refractivity contribution is 6.17. The molecule has 192 valence electrons. The quantitative estimate of drug-likeness (QED) is 0.471. The number of para-hydroxylation sites is 1. The van der Waals surface area contributed by atoms with E-state index in [0.717, 1.165) is 5.57 Å². The molecule has 0 saturated carbocycles. The Balaban J connectivity index is 1.40. The van der Waals surface area contributed by atoms with Crippen molar-refractivity contribution in [1.29, 1.82) is 0 Å². The molecule has 2 aliphatic heterocycles. The maximum absolute atomic E-state index is 14.1. The van der Waals surface area contributed by atoms with Gasteiger partial charge in [-0.3, -0.25) is 4.79 Å². The van der Waals surface area contributed by atoms with Crippen LogP contribution in [0.15, 0.2) is 65.3 Å². The first-order valence-electron chi connectivity index (χ1n) is 11.8. The fourth-order valence-corrected chi connectivity index (χ4v) is 4.26. The highest BCUT2D eigenvalue weighted by Crippen LogP contribution is 2.34. The van der Waals surface area contributed by atoms with Crippen molar-refractivity contribution in [2.24, 2.45) is 4.99 Å². The number of carbonyl (C=O) groups is 1. The number of alkyl halides is 2. The molecule has 1 amide bonds. The molecule has 10 heteroatoms. The molecule has 1 aromatic heterocycles. The molecule has 1 fully saturated rings. The summed E-state index contributed by atoms with van der Waals surface area (Å²) in [6, 6.07) is 9.49. The van der Waals surface area contributed by atoms with Crippen LogP contribution in [0.25, 0.3) is 22.4 Å². The van der Waals surface area contributed by atoms with Gasteiger partial charge in [0.2, 0.25) is 0 Å². The number of allylic oxidation sites excluding steroid dienone is 1. The van der Waals surface area contributed by atoms with E-state index in [1.165, 1.54) is 12.1 Å². The number of rotatable bonds is 6. The lowest BCUT2D eigenvalue weighted by Crippen LogP contribution is -2.30. The molecule has 0 bridgehead atoms. The Morgan fingerprint density at radius 2 is 2.16 bits per heavy atom. The Bertz CT molecular complexity index is 1440. The van der Waals surface area contributed by atoms with Gasteiger partial charge in [-0.15, -0.1) is 0 Å². The van der Waals surface area contributed by atoms with Crippen LogP contribution in [-0.2, 0) is 9.47 Å². The first-order valence-corrected chi connectivity index (χ1v) is 11.8. The number of ether oxygens (including phenoxy) is 3. The van der Waals surface area contributed by atoms with Crippen molar-refractivity contribution < 1.29 is 27.8 Å². The van der Waals surface area contributed by atoms with Crippen LogP contribution in [0.3, 0.4) is 0 Å². The Morgan fingerprint density at radius 3 is 2.89 bits per heavy atom. The highest BCUT2D eigenvalue weighted by Gasteiger charge is 2.33. The molecule has 2 N–H and O–H groups in total. The number of carbonyl (C=O) groups excluding carboxylic acids is 1. The number of halogens is 2. The number of fused-ring (bicyclic) bond motifs is 1. The highest BCUT2D eigenvalue weighted by atomic mass is 19.3. The minimum absolute atomic E-state index is 0.171. The molecule has 0 radical (unpaired) electrons. The molecule has 5 rings (SSSR count). The number of H-pyrrole nitrogens is 1. The first kappa shape index (κ1) is 24.8. The molecule has 2 aromatic carbocycles. The third-order valence-corrected chi connectivity index (χ3v) is 6.05. The topological polar surface area (TPSA) is 97.8 Å². The van der Waals surface area contributed by atoms with Crippen molar-refractivity contribution in [2.45, 2.75) is 39.1 Å². The van der Waals surface area contributed by atoms with Crippen molar-refractivity contribution in [2.75, 3.05) is 13.2 Å². The van der Waals surface area contributed by atoms with E-state index in [-0.39, 0.29) is 35.4 Å². The number of amidine groups is 1. The Labute approximate surface area is 212 Å². The molecule has 1 saturated heterocycles. The molecule has 3 heterocycles. The average molecular weight is 509 g/mol. The number of amides is 1. The second-order valence-electron chi connectivity index (χ2n) is 9.09. The summed E-state index contributed by atoms with van der Waals surface area (Å²) in [4.78, 5) is 24.8. The van der Waals surface area contributed by atoms with Gasteiger partial charge in [-0.1, -0.05) is 12.1 Å². The smallest absolute Gasteiger partial charge is 0.264 e. The number of nitrogens with one attached hydrogen (secondary N) is 2. The molecular weight excluding hydrogens is 482 g/mol. The van der Waals surface area contributed by atoms with Crippen LogP contribution < -0.4 is 10.1 Å². The Morgan fingerprint density at radius 1 is 1.32 bits per heavy atom. The lowest BCUT2D eigenvalue weighted by atomic mass is 10.1. The number of aliphatic imine (C=N–C) groups is 1. The van der Waals surface area contributed by atoms with E-state index < -0.39 is 18.1 Å². The molecular formula is C27H26F2N4O4. The summed E-state index contributed by atoms with van der Waals surface area (Å²) >= 11 is 0. The Hall–Kier alpha value is -3.89. The zero-order valence-electron chi connectivity index (χ0n) is 20.5. The van der Waals surface area contributed by atoms with Crippen LogP contribution in [0.1, 0.15) is 43.1 Å². The molecule has 3 aromatic rings. The largest absolute Gasteiger partial charge is 0.491 e. The fourth-order valence-electron chi connectivity index (χ4n) is 4.26. The number of imidazole rings is 1. The molecule has 2 aliphatic rings. The summed E-state index contributed by atoms with van der Waals surface area (Å²) in [5, 5.41) is 2.79. The number of aromatic nitrogens is 2. The van der Waals surface area contributed by atoms with Crippen LogP contribution in [0.4, 0.5) is 8.78 Å². The van der Waals surface area contributed by atoms with Gasteiger partial charge in [0.25, 0.3) is 12.3 Å². The minimum atomic E-state index is -2.77. The SMILES string of the molecule is C/C=C1/C=CN=C1NC(=O)c1cccc2[nH]c(-c3ccc(OC[C@H]4COC(C)(C)O4)cc3C(F)F)nc12. The standard InChI is InChI=1S/C27H26F2N4O4/c1-4-15-10-11-30-24(15)33-26(34)19-6-5-7-21-22(19)32-25(31-21)18-9-8-16(12-20(18)23(28)29)35-13-17-14-36-27(2,3)37-17/h4-12,17,23H,13-14H2,1-3H3,(H,31,32)(H,30,33,34)/b15-4-/t17-/m0/s1. The lowest BCUT2D eigenvalue weighted by Gasteiger charge is -2.17. The van der Waals surface area contributed by atoms with Gasteiger partial charge in [0.1, 0.15) is 35.6 Å². The van der Waals surface area contributed by atoms with E-state index >= 15 is 0 Å². The van der Waals surface area contributed by atoms with E-state index in [1.54, 1.807) is 50.4 Å². The fraction of sp³-hybridized carbons (Fsp3) is 0.296. The van der Waals surface area contributed by atoms with Gasteiger partial charge in [-0.2, -0.15) is 0 Å². The molecule has 0 spiro atoms. The van der Waals surface area contributed by atoms with Crippen molar-refractivity contribution >= 4 is 22.8 Å². The number of hydrogen-bond acceptors (Lipinski definition) is 6. The molecule has 37 heavy (non-hydrogen) atoms. The third kappa shape index (κ3) is 5.16. The zero-order chi connectivity index (χ0) is 26.2. The predicted octanol–water partition coefficient (Wildman–Crippen LogP) is 5.30. The average Bonchev–Trinajstić information content (AvgIpc) is 3.59. The maximum atomic E-state index is 14.1. The maximum Gasteiger partial charge on any atom is 0.264 e. The van der Waals surface area contributed by atoms with Gasteiger partial charge in [-0.05, 0) is 57.2 Å². The van der Waals surface area contributed by atoms with Crippen molar-refractivity contribution in [3.8, 4) is 17.1 Å². The van der Waals surface area contributed by atoms with E-state index in [1.807, 2.05) is 13.0 Å². The van der Waals surface area contributed by atoms with Crippen LogP contribution in [-0.4, -0.2) is 46.8 Å². The summed E-state index contributed by atoms with van der Waals surface area (Å²) in [6.45, 7) is 5.99. The monoisotopic (exact) mass is 508 g/mol. The number of aromatic amines is 1. The molecule has 0 unspecified atom stereocenters. The van der Waals surface area contributed by atoms with Crippen LogP contribution in [0.2, 0.25) is 0 Å². The van der Waals surface area contributed by atoms with Crippen molar-refractivity contribution in [3.63, 3.8) is 0 Å². The molecule has 0 aliphatic carbocycles. The van der Waals surface area contributed by atoms with E-state index in [0.29, 0.717) is 29.0 Å². The molecule has 8 nitrogen and oxygen atoms in total. The zero-order valence-corrected chi connectivity index (χ0v) is 20.5. The summed E-state index contributed by atoms with van der Waals surface area (Å²) in [5.41, 5.74) is 1.97. The second-order valence-corrected chi connectivity index (χ2v) is 9.09. The summed E-state index contributed by atoms with van der Waals surface area (Å²) in [5.74, 6) is -0.146. The van der Waals surface area contributed by atoms with Gasteiger partial charge < -0.3 is 24.5 Å². The summed E-state index contributed by atoms with van der Waals surface area (Å²) in [7, 11) is 0. The van der Waals surface area contributed by atoms with Gasteiger partial charge in [0.05, 0.1) is 17.7 Å². The van der Waals surface area contributed by atoms with E-state index in [2.05, 4.69) is 20.3 Å². The van der Waals surface area contributed by atoms with Crippen LogP contribution in [0, 0.1) is 0 Å². The minimum Gasteiger partial charge on any atom is -0.491 e. The van der Waals surface area contributed by atoms with Gasteiger partial charge in [0.15, 0.2) is 5.79 Å². The number of benzene rings is 2. The van der Waals surface area contributed by atoms with Crippen LogP contribution >= 0.6 is 0 Å². The van der Waals surface area contributed by atoms with E-state index in [4.69, 9.17) is 14.2 Å². The predicted molar refractivity (Wildman–Crippen MR) is 135 cm³/mol. The normalized spacial score (nSPS) is 19.7. The van der Waals surface area contributed by atoms with Gasteiger partial charge >= 0.3 is 0 Å². The summed E-state index contributed by atoms with van der Waals surface area (Å²) < 4.78 is 45.1. The molecule has 1 atom stereocenters. The van der Waals surface area contributed by atoms with Gasteiger partial charge in [0, 0.05) is 22.9 Å². The van der Waals surface area contributed by atoms with E-state index in [9.17, 15) is 13.6 Å². The van der Waals surface area contributed by atoms with Crippen molar-refractivity contribution in [1.82, 2.24) is 15.3 Å². The summed E-state index contributed by atoms with van der Waals surface area (Å²) in [6.07, 6.45) is 2.17. The Kier molecular flexibility index (Phi) is 6.61. The van der Waals surface area contributed by atoms with Gasteiger partial charge in [-0.25, -0.2) is 18.8 Å². The van der Waals surface area contributed by atoms with Crippen molar-refractivity contribution in [3.05, 3.63) is 71.5 Å². The number of nitrogens with zero attached hydrogens (tertiary/aromatic N) is 2. The lowest BCUT2D eigenvalue weighted by molar-refractivity contribution is -0.141. The third-order valence-electron chi connectivity index (χ3n) is 6.05. The first-order chi connectivity index (χ1) is 17.7. The number of hydrogen-bond donors (Lipinski definition) is 2.